The second-order valence-corrected chi connectivity index (χ2v) is 3.58. The molecule has 0 aromatic rings. The molecule has 0 saturated heterocycles. The van der Waals surface area contributed by atoms with Crippen molar-refractivity contribution >= 4 is 24.6 Å². The van der Waals surface area contributed by atoms with Gasteiger partial charge in [0.25, 0.3) is 0 Å². The summed E-state index contributed by atoms with van der Waals surface area (Å²) in [5, 5.41) is 0. The van der Waals surface area contributed by atoms with Crippen LogP contribution in [0.3, 0.4) is 0 Å². The first kappa shape index (κ1) is 13.5. The second kappa shape index (κ2) is 9.06. The standard InChI is InChI=1S/C10H18O3S/c1-2-3-6-9(11)13-10(12)7-4-5-8-14/h14H,2-8H2,1H3. The topological polar surface area (TPSA) is 43.4 Å². The van der Waals surface area contributed by atoms with Crippen LogP contribution < -0.4 is 0 Å². The average Bonchev–Trinajstić information content (AvgIpc) is 2.15. The van der Waals surface area contributed by atoms with Crippen molar-refractivity contribution in [1.29, 1.82) is 0 Å². The summed E-state index contributed by atoms with van der Waals surface area (Å²) < 4.78 is 4.60. The van der Waals surface area contributed by atoms with Crippen molar-refractivity contribution in [3.8, 4) is 0 Å². The summed E-state index contributed by atoms with van der Waals surface area (Å²) in [7, 11) is 0. The largest absolute Gasteiger partial charge is 0.393 e. The zero-order valence-corrected chi connectivity index (χ0v) is 9.52. The molecule has 0 fully saturated rings. The van der Waals surface area contributed by atoms with Crippen molar-refractivity contribution in [3.63, 3.8) is 0 Å². The van der Waals surface area contributed by atoms with Gasteiger partial charge in [-0.2, -0.15) is 12.6 Å². The van der Waals surface area contributed by atoms with E-state index in [0.717, 1.165) is 31.4 Å². The third-order valence-corrected chi connectivity index (χ3v) is 2.07. The quantitative estimate of drug-likeness (QED) is 0.309. The first-order valence-corrected chi connectivity index (χ1v) is 5.68. The predicted molar refractivity (Wildman–Crippen MR) is 58.3 cm³/mol. The highest BCUT2D eigenvalue weighted by Gasteiger charge is 2.08. The fraction of sp³-hybridized carbons (Fsp3) is 0.800. The first-order valence-electron chi connectivity index (χ1n) is 5.05. The van der Waals surface area contributed by atoms with E-state index < -0.39 is 11.9 Å². The number of rotatable bonds is 7. The molecular weight excluding hydrogens is 200 g/mol. The fourth-order valence-electron chi connectivity index (χ4n) is 0.931. The minimum Gasteiger partial charge on any atom is -0.393 e. The molecule has 0 aromatic carbocycles. The van der Waals surface area contributed by atoms with Crippen LogP contribution in [0.25, 0.3) is 0 Å². The maximum absolute atomic E-state index is 11.0. The molecule has 0 spiro atoms. The lowest BCUT2D eigenvalue weighted by Gasteiger charge is -2.01. The van der Waals surface area contributed by atoms with E-state index in [9.17, 15) is 9.59 Å². The minimum atomic E-state index is -0.409. The highest BCUT2D eigenvalue weighted by molar-refractivity contribution is 7.80. The molecule has 0 amide bonds. The highest BCUT2D eigenvalue weighted by atomic mass is 32.1. The molecular formula is C10H18O3S. The van der Waals surface area contributed by atoms with Crippen LogP contribution in [0.1, 0.15) is 45.4 Å². The van der Waals surface area contributed by atoms with E-state index in [2.05, 4.69) is 17.4 Å². The number of unbranched alkanes of at least 4 members (excludes halogenated alkanes) is 2. The SMILES string of the molecule is CCCCC(=O)OC(=O)CCCCS. The molecule has 0 rings (SSSR count). The maximum atomic E-state index is 11.0. The summed E-state index contributed by atoms with van der Waals surface area (Å²) in [5.74, 6) is -0.0486. The molecule has 0 atom stereocenters. The third-order valence-electron chi connectivity index (χ3n) is 1.75. The van der Waals surface area contributed by atoms with Crippen molar-refractivity contribution in [1.82, 2.24) is 0 Å². The van der Waals surface area contributed by atoms with Gasteiger partial charge in [0.1, 0.15) is 0 Å². The minimum absolute atomic E-state index is 0.318. The molecule has 0 aliphatic heterocycles. The number of carbonyl (C=O) groups excluding carboxylic acids is 2. The van der Waals surface area contributed by atoms with Crippen LogP contribution in [-0.4, -0.2) is 17.7 Å². The number of ether oxygens (including phenoxy) is 1. The highest BCUT2D eigenvalue weighted by Crippen LogP contribution is 2.02. The Morgan fingerprint density at radius 2 is 1.64 bits per heavy atom. The maximum Gasteiger partial charge on any atom is 0.313 e. The van der Waals surface area contributed by atoms with Gasteiger partial charge in [-0.25, -0.2) is 0 Å². The molecule has 14 heavy (non-hydrogen) atoms. The van der Waals surface area contributed by atoms with Crippen LogP contribution in [0.2, 0.25) is 0 Å². The van der Waals surface area contributed by atoms with Crippen molar-refractivity contribution in [3.05, 3.63) is 0 Å². The van der Waals surface area contributed by atoms with E-state index >= 15 is 0 Å². The first-order chi connectivity index (χ1) is 6.70. The van der Waals surface area contributed by atoms with Crippen molar-refractivity contribution in [2.75, 3.05) is 5.75 Å². The number of hydrogen-bond acceptors (Lipinski definition) is 4. The number of thiol groups is 1. The van der Waals surface area contributed by atoms with Crippen molar-refractivity contribution in [2.24, 2.45) is 0 Å². The monoisotopic (exact) mass is 218 g/mol. The molecule has 0 unspecified atom stereocenters. The van der Waals surface area contributed by atoms with E-state index in [1.54, 1.807) is 0 Å². The Hall–Kier alpha value is -0.510. The van der Waals surface area contributed by atoms with Gasteiger partial charge in [0.15, 0.2) is 0 Å². The van der Waals surface area contributed by atoms with E-state index in [1.807, 2.05) is 6.92 Å². The van der Waals surface area contributed by atoms with E-state index in [1.165, 1.54) is 0 Å². The molecule has 0 aliphatic rings. The summed E-state index contributed by atoms with van der Waals surface area (Å²) in [6, 6.07) is 0. The lowest BCUT2D eigenvalue weighted by Crippen LogP contribution is -2.11. The fourth-order valence-corrected chi connectivity index (χ4v) is 1.15. The molecule has 0 aromatic heterocycles. The molecule has 3 nitrogen and oxygen atoms in total. The number of hydrogen-bond donors (Lipinski definition) is 1. The van der Waals surface area contributed by atoms with Gasteiger partial charge in [-0.1, -0.05) is 13.3 Å². The van der Waals surface area contributed by atoms with E-state index in [0.29, 0.717) is 12.8 Å². The van der Waals surface area contributed by atoms with Crippen LogP contribution in [0.5, 0.6) is 0 Å². The lowest BCUT2D eigenvalue weighted by atomic mass is 10.2. The molecule has 0 saturated carbocycles. The van der Waals surface area contributed by atoms with Gasteiger partial charge in [0, 0.05) is 12.8 Å². The van der Waals surface area contributed by atoms with Gasteiger partial charge < -0.3 is 4.74 Å². The third kappa shape index (κ3) is 8.10. The smallest absolute Gasteiger partial charge is 0.313 e. The Morgan fingerprint density at radius 1 is 1.07 bits per heavy atom. The predicted octanol–water partition coefficient (Wildman–Crippen LogP) is 2.35. The van der Waals surface area contributed by atoms with Gasteiger partial charge in [0.05, 0.1) is 0 Å². The van der Waals surface area contributed by atoms with Crippen LogP contribution in [0.15, 0.2) is 0 Å². The molecule has 82 valence electrons. The Labute approximate surface area is 90.6 Å². The number of esters is 2. The van der Waals surface area contributed by atoms with Crippen molar-refractivity contribution in [2.45, 2.75) is 45.4 Å². The number of carbonyl (C=O) groups is 2. The summed E-state index contributed by atoms with van der Waals surface area (Å²) in [5.41, 5.74) is 0. The molecule has 4 heteroatoms. The Morgan fingerprint density at radius 3 is 2.14 bits per heavy atom. The van der Waals surface area contributed by atoms with Crippen LogP contribution in [0.4, 0.5) is 0 Å². The molecule has 0 aliphatic carbocycles. The Balaban J connectivity index is 3.45. The lowest BCUT2D eigenvalue weighted by molar-refractivity contribution is -0.159. The molecule has 0 N–H and O–H groups in total. The summed E-state index contributed by atoms with van der Waals surface area (Å²) in [6.07, 6.45) is 3.99. The summed E-state index contributed by atoms with van der Waals surface area (Å²) in [6.45, 7) is 1.99. The Bertz CT molecular complexity index is 180. The molecule has 0 radical (unpaired) electrons. The van der Waals surface area contributed by atoms with Gasteiger partial charge in [-0.3, -0.25) is 9.59 Å². The summed E-state index contributed by atoms with van der Waals surface area (Å²) >= 11 is 4.02. The molecule has 0 heterocycles. The normalized spacial score (nSPS) is 9.86. The summed E-state index contributed by atoms with van der Waals surface area (Å²) in [4.78, 5) is 22.0. The van der Waals surface area contributed by atoms with Gasteiger partial charge >= 0.3 is 11.9 Å². The van der Waals surface area contributed by atoms with Crippen LogP contribution >= 0.6 is 12.6 Å². The molecule has 0 bridgehead atoms. The van der Waals surface area contributed by atoms with Crippen molar-refractivity contribution < 1.29 is 14.3 Å². The van der Waals surface area contributed by atoms with Crippen LogP contribution in [0, 0.1) is 0 Å². The second-order valence-electron chi connectivity index (χ2n) is 3.13. The zero-order chi connectivity index (χ0) is 10.8. The Kier molecular flexibility index (Phi) is 8.73. The van der Waals surface area contributed by atoms with Gasteiger partial charge in [0.2, 0.25) is 0 Å². The average molecular weight is 218 g/mol. The zero-order valence-electron chi connectivity index (χ0n) is 8.62. The van der Waals surface area contributed by atoms with Crippen LogP contribution in [-0.2, 0) is 14.3 Å². The van der Waals surface area contributed by atoms with Gasteiger partial charge in [-0.05, 0) is 25.0 Å². The van der Waals surface area contributed by atoms with E-state index in [-0.39, 0.29) is 0 Å². The van der Waals surface area contributed by atoms with E-state index in [4.69, 9.17) is 0 Å². The van der Waals surface area contributed by atoms with Gasteiger partial charge in [-0.15, -0.1) is 0 Å².